The van der Waals surface area contributed by atoms with Gasteiger partial charge in [-0.15, -0.1) is 12.3 Å². The molecule has 0 aromatic heterocycles. The Morgan fingerprint density at radius 3 is 2.86 bits per heavy atom. The average molecular weight is 255 g/mol. The number of phenols is 1. The van der Waals surface area contributed by atoms with E-state index in [2.05, 4.69) is 21.9 Å². The van der Waals surface area contributed by atoms with Gasteiger partial charge in [0.1, 0.15) is 0 Å². The third-order valence-corrected chi connectivity index (χ3v) is 2.47. The highest BCUT2D eigenvalue weighted by Gasteiger charge is 2.07. The fourth-order valence-electron chi connectivity index (χ4n) is 1.14. The van der Waals surface area contributed by atoms with Crippen LogP contribution in [-0.4, -0.2) is 12.2 Å². The lowest BCUT2D eigenvalue weighted by Gasteiger charge is -2.07. The maximum atomic E-state index is 9.54. The summed E-state index contributed by atoms with van der Waals surface area (Å²) in [5.74, 6) is 3.16. The Labute approximate surface area is 92.0 Å². The molecule has 1 aromatic carbocycles. The van der Waals surface area contributed by atoms with E-state index in [4.69, 9.17) is 11.2 Å². The number of hydrogen-bond donors (Lipinski definition) is 1. The molecule has 0 atom stereocenters. The molecule has 2 nitrogen and oxygen atoms in total. The van der Waals surface area contributed by atoms with E-state index in [0.29, 0.717) is 16.6 Å². The Kier molecular flexibility index (Phi) is 3.84. The summed E-state index contributed by atoms with van der Waals surface area (Å²) in [5.41, 5.74) is 1.05. The summed E-state index contributed by atoms with van der Waals surface area (Å²) in [6, 6.07) is 3.63. The van der Waals surface area contributed by atoms with E-state index in [0.717, 1.165) is 12.0 Å². The highest BCUT2D eigenvalue weighted by atomic mass is 79.9. The fraction of sp³-hybridized carbons (Fsp3) is 0.273. The minimum atomic E-state index is 0.122. The SMILES string of the molecule is C#CCCc1cc(Br)c(O)c(OC)c1. The number of rotatable bonds is 3. The molecule has 0 radical (unpaired) electrons. The number of methoxy groups -OCH3 is 1. The molecule has 1 N–H and O–H groups in total. The van der Waals surface area contributed by atoms with Crippen molar-refractivity contribution in [2.75, 3.05) is 7.11 Å². The molecule has 3 heteroatoms. The second-order valence-corrected chi connectivity index (χ2v) is 3.69. The van der Waals surface area contributed by atoms with Crippen LogP contribution in [0.5, 0.6) is 11.5 Å². The van der Waals surface area contributed by atoms with Gasteiger partial charge in [-0.25, -0.2) is 0 Å². The van der Waals surface area contributed by atoms with Crippen LogP contribution in [0, 0.1) is 12.3 Å². The maximum absolute atomic E-state index is 9.54. The molecule has 0 saturated heterocycles. The van der Waals surface area contributed by atoms with Crippen LogP contribution in [0.1, 0.15) is 12.0 Å². The van der Waals surface area contributed by atoms with Gasteiger partial charge in [-0.05, 0) is 40.0 Å². The van der Waals surface area contributed by atoms with Gasteiger partial charge in [-0.3, -0.25) is 0 Å². The molecule has 0 amide bonds. The molecule has 0 aliphatic rings. The van der Waals surface area contributed by atoms with Gasteiger partial charge < -0.3 is 9.84 Å². The fourth-order valence-corrected chi connectivity index (χ4v) is 1.63. The summed E-state index contributed by atoms with van der Waals surface area (Å²) < 4.78 is 5.64. The second kappa shape index (κ2) is 4.92. The van der Waals surface area contributed by atoms with E-state index >= 15 is 0 Å². The Morgan fingerprint density at radius 2 is 2.29 bits per heavy atom. The minimum absolute atomic E-state index is 0.122. The maximum Gasteiger partial charge on any atom is 0.172 e. The second-order valence-electron chi connectivity index (χ2n) is 2.83. The zero-order chi connectivity index (χ0) is 10.6. The van der Waals surface area contributed by atoms with E-state index in [1.165, 1.54) is 7.11 Å². The van der Waals surface area contributed by atoms with Gasteiger partial charge in [0.05, 0.1) is 11.6 Å². The lowest BCUT2D eigenvalue weighted by molar-refractivity contribution is 0.371. The van der Waals surface area contributed by atoms with Crippen molar-refractivity contribution < 1.29 is 9.84 Å². The summed E-state index contributed by atoms with van der Waals surface area (Å²) in [5, 5.41) is 9.54. The topological polar surface area (TPSA) is 29.5 Å². The minimum Gasteiger partial charge on any atom is -0.503 e. The van der Waals surface area contributed by atoms with E-state index in [-0.39, 0.29) is 5.75 Å². The molecule has 14 heavy (non-hydrogen) atoms. The third kappa shape index (κ3) is 2.43. The Morgan fingerprint density at radius 1 is 1.57 bits per heavy atom. The summed E-state index contributed by atoms with van der Waals surface area (Å²) >= 11 is 3.25. The predicted molar refractivity (Wildman–Crippen MR) is 59.5 cm³/mol. The summed E-state index contributed by atoms with van der Waals surface area (Å²) in [7, 11) is 1.52. The standard InChI is InChI=1S/C11H11BrO2/c1-3-4-5-8-6-9(12)11(13)10(7-8)14-2/h1,6-7,13H,4-5H2,2H3. The van der Waals surface area contributed by atoms with Gasteiger partial charge in [0, 0.05) is 6.42 Å². The first-order valence-corrected chi connectivity index (χ1v) is 4.97. The molecule has 74 valence electrons. The first-order valence-electron chi connectivity index (χ1n) is 4.18. The van der Waals surface area contributed by atoms with Crippen molar-refractivity contribution in [3.05, 3.63) is 22.2 Å². The van der Waals surface area contributed by atoms with Crippen LogP contribution in [0.2, 0.25) is 0 Å². The van der Waals surface area contributed by atoms with Gasteiger partial charge in [0.15, 0.2) is 11.5 Å². The van der Waals surface area contributed by atoms with Gasteiger partial charge in [-0.1, -0.05) is 0 Å². The number of halogens is 1. The van der Waals surface area contributed by atoms with Crippen LogP contribution in [0.25, 0.3) is 0 Å². The highest BCUT2D eigenvalue weighted by molar-refractivity contribution is 9.10. The van der Waals surface area contributed by atoms with Crippen LogP contribution < -0.4 is 4.74 Å². The Hall–Kier alpha value is -1.14. The number of aromatic hydroxyl groups is 1. The van der Waals surface area contributed by atoms with Crippen molar-refractivity contribution in [3.8, 4) is 23.8 Å². The van der Waals surface area contributed by atoms with Gasteiger partial charge >= 0.3 is 0 Å². The molecule has 1 aromatic rings. The van der Waals surface area contributed by atoms with Gasteiger partial charge in [0.2, 0.25) is 0 Å². The molecule has 0 heterocycles. The van der Waals surface area contributed by atoms with Crippen LogP contribution in [0.15, 0.2) is 16.6 Å². The van der Waals surface area contributed by atoms with Crippen LogP contribution in [-0.2, 0) is 6.42 Å². The monoisotopic (exact) mass is 254 g/mol. The Balaban J connectivity index is 2.98. The normalized spacial score (nSPS) is 9.50. The predicted octanol–water partition coefficient (Wildman–Crippen LogP) is 2.73. The summed E-state index contributed by atoms with van der Waals surface area (Å²) in [6.07, 6.45) is 6.64. The van der Waals surface area contributed by atoms with E-state index in [1.54, 1.807) is 6.07 Å². The third-order valence-electron chi connectivity index (χ3n) is 1.87. The zero-order valence-electron chi connectivity index (χ0n) is 7.88. The van der Waals surface area contributed by atoms with Gasteiger partial charge in [0.25, 0.3) is 0 Å². The molecular formula is C11H11BrO2. The molecule has 0 unspecified atom stereocenters. The lowest BCUT2D eigenvalue weighted by Crippen LogP contribution is -1.89. The van der Waals surface area contributed by atoms with Crippen molar-refractivity contribution in [1.29, 1.82) is 0 Å². The van der Waals surface area contributed by atoms with Crippen molar-refractivity contribution in [2.45, 2.75) is 12.8 Å². The number of phenolic OH excluding ortho intramolecular Hbond substituents is 1. The zero-order valence-corrected chi connectivity index (χ0v) is 9.47. The van der Waals surface area contributed by atoms with Crippen LogP contribution in [0.4, 0.5) is 0 Å². The lowest BCUT2D eigenvalue weighted by atomic mass is 10.1. The number of aryl methyl sites for hydroxylation is 1. The van der Waals surface area contributed by atoms with Crippen molar-refractivity contribution in [2.24, 2.45) is 0 Å². The number of ether oxygens (including phenoxy) is 1. The van der Waals surface area contributed by atoms with Gasteiger partial charge in [-0.2, -0.15) is 0 Å². The molecule has 0 fully saturated rings. The number of hydrogen-bond acceptors (Lipinski definition) is 2. The van der Waals surface area contributed by atoms with Crippen LogP contribution in [0.3, 0.4) is 0 Å². The average Bonchev–Trinajstić information content (AvgIpc) is 2.19. The molecule has 0 saturated carbocycles. The first kappa shape index (κ1) is 10.9. The first-order chi connectivity index (χ1) is 6.69. The Bertz CT molecular complexity index is 366. The van der Waals surface area contributed by atoms with Crippen molar-refractivity contribution >= 4 is 15.9 Å². The van der Waals surface area contributed by atoms with E-state index in [1.807, 2.05) is 6.07 Å². The smallest absolute Gasteiger partial charge is 0.172 e. The number of terminal acetylenes is 1. The summed E-state index contributed by atoms with van der Waals surface area (Å²) in [6.45, 7) is 0. The molecule has 0 bridgehead atoms. The van der Waals surface area contributed by atoms with Crippen molar-refractivity contribution in [3.63, 3.8) is 0 Å². The molecule has 1 rings (SSSR count). The highest BCUT2D eigenvalue weighted by Crippen LogP contribution is 2.35. The van der Waals surface area contributed by atoms with E-state index < -0.39 is 0 Å². The summed E-state index contributed by atoms with van der Waals surface area (Å²) in [4.78, 5) is 0. The molecule has 0 aliphatic carbocycles. The molecular weight excluding hydrogens is 244 g/mol. The quantitative estimate of drug-likeness (QED) is 0.841. The van der Waals surface area contributed by atoms with Crippen LogP contribution >= 0.6 is 15.9 Å². The largest absolute Gasteiger partial charge is 0.503 e. The molecule has 0 spiro atoms. The number of benzene rings is 1. The molecule has 0 aliphatic heterocycles. The van der Waals surface area contributed by atoms with E-state index in [9.17, 15) is 5.11 Å². The van der Waals surface area contributed by atoms with Crippen molar-refractivity contribution in [1.82, 2.24) is 0 Å².